The molecule has 0 aromatic heterocycles. The molecule has 0 saturated carbocycles. The van der Waals surface area contributed by atoms with E-state index in [0.717, 1.165) is 19.5 Å². The Hall–Kier alpha value is -0.570. The van der Waals surface area contributed by atoms with Crippen molar-refractivity contribution in [2.24, 2.45) is 5.92 Å². The SMILES string of the molecule is CC(C)CC(=O)N1CCC2CCC(C1)N2. The first-order valence-corrected chi connectivity index (χ1v) is 6.19. The summed E-state index contributed by atoms with van der Waals surface area (Å²) in [6, 6.07) is 1.24. The van der Waals surface area contributed by atoms with E-state index in [9.17, 15) is 4.79 Å². The number of hydrogen-bond donors (Lipinski definition) is 1. The lowest BCUT2D eigenvalue weighted by Crippen LogP contribution is -2.39. The van der Waals surface area contributed by atoms with Crippen LogP contribution in [0, 0.1) is 5.92 Å². The van der Waals surface area contributed by atoms with Crippen LogP contribution in [-0.2, 0) is 4.79 Å². The van der Waals surface area contributed by atoms with Gasteiger partial charge in [-0.2, -0.15) is 0 Å². The highest BCUT2D eigenvalue weighted by Crippen LogP contribution is 2.21. The van der Waals surface area contributed by atoms with Gasteiger partial charge in [-0.05, 0) is 25.2 Å². The quantitative estimate of drug-likeness (QED) is 0.747. The van der Waals surface area contributed by atoms with Crippen LogP contribution in [0.3, 0.4) is 0 Å². The van der Waals surface area contributed by atoms with E-state index in [-0.39, 0.29) is 0 Å². The van der Waals surface area contributed by atoms with Gasteiger partial charge in [0.2, 0.25) is 5.91 Å². The van der Waals surface area contributed by atoms with Gasteiger partial charge in [0.25, 0.3) is 0 Å². The van der Waals surface area contributed by atoms with Crippen LogP contribution in [0.25, 0.3) is 0 Å². The van der Waals surface area contributed by atoms with Gasteiger partial charge in [-0.3, -0.25) is 4.79 Å². The Bertz CT molecular complexity index is 240. The Kier molecular flexibility index (Phi) is 3.29. The second-order valence-corrected chi connectivity index (χ2v) is 5.36. The molecule has 0 aliphatic carbocycles. The highest BCUT2D eigenvalue weighted by Gasteiger charge is 2.30. The number of amides is 1. The summed E-state index contributed by atoms with van der Waals surface area (Å²) < 4.78 is 0. The summed E-state index contributed by atoms with van der Waals surface area (Å²) in [6.45, 7) is 6.11. The fourth-order valence-electron chi connectivity index (χ4n) is 2.65. The number of likely N-dealkylation sites (tertiary alicyclic amines) is 1. The van der Waals surface area contributed by atoms with Gasteiger partial charge in [0.05, 0.1) is 0 Å². The molecule has 86 valence electrons. The van der Waals surface area contributed by atoms with Crippen molar-refractivity contribution < 1.29 is 4.79 Å². The van der Waals surface area contributed by atoms with Crippen LogP contribution in [-0.4, -0.2) is 36.0 Å². The second kappa shape index (κ2) is 4.52. The molecule has 3 nitrogen and oxygen atoms in total. The Morgan fingerprint density at radius 1 is 1.33 bits per heavy atom. The lowest BCUT2D eigenvalue weighted by atomic mass is 10.1. The third kappa shape index (κ3) is 2.71. The van der Waals surface area contributed by atoms with Gasteiger partial charge in [-0.25, -0.2) is 0 Å². The van der Waals surface area contributed by atoms with Crippen LogP contribution >= 0.6 is 0 Å². The van der Waals surface area contributed by atoms with Gasteiger partial charge < -0.3 is 10.2 Å². The van der Waals surface area contributed by atoms with E-state index in [2.05, 4.69) is 24.1 Å². The molecule has 2 atom stereocenters. The Balaban J connectivity index is 1.90. The molecular weight excluding hydrogens is 188 g/mol. The zero-order valence-corrected chi connectivity index (χ0v) is 9.83. The van der Waals surface area contributed by atoms with Crippen molar-refractivity contribution in [3.05, 3.63) is 0 Å². The summed E-state index contributed by atoms with van der Waals surface area (Å²) in [5.74, 6) is 0.824. The molecule has 0 spiro atoms. The molecule has 15 heavy (non-hydrogen) atoms. The van der Waals surface area contributed by atoms with E-state index in [1.807, 2.05) is 0 Å². The number of hydrogen-bond acceptors (Lipinski definition) is 2. The van der Waals surface area contributed by atoms with Crippen molar-refractivity contribution in [1.82, 2.24) is 10.2 Å². The maximum atomic E-state index is 11.9. The lowest BCUT2D eigenvalue weighted by molar-refractivity contribution is -0.132. The van der Waals surface area contributed by atoms with E-state index in [1.54, 1.807) is 0 Å². The zero-order valence-electron chi connectivity index (χ0n) is 9.83. The third-order valence-corrected chi connectivity index (χ3v) is 3.46. The van der Waals surface area contributed by atoms with Crippen molar-refractivity contribution in [3.63, 3.8) is 0 Å². The van der Waals surface area contributed by atoms with Crippen LogP contribution in [0.4, 0.5) is 0 Å². The van der Waals surface area contributed by atoms with Gasteiger partial charge in [0.1, 0.15) is 0 Å². The summed E-state index contributed by atoms with van der Waals surface area (Å²) >= 11 is 0. The number of nitrogens with one attached hydrogen (secondary N) is 1. The largest absolute Gasteiger partial charge is 0.341 e. The molecule has 1 amide bonds. The normalized spacial score (nSPS) is 30.7. The summed E-state index contributed by atoms with van der Waals surface area (Å²) in [5, 5.41) is 3.60. The molecule has 2 aliphatic rings. The predicted octanol–water partition coefficient (Wildman–Crippen LogP) is 1.39. The van der Waals surface area contributed by atoms with E-state index >= 15 is 0 Å². The van der Waals surface area contributed by atoms with Gasteiger partial charge in [0.15, 0.2) is 0 Å². The highest BCUT2D eigenvalue weighted by molar-refractivity contribution is 5.76. The molecule has 0 aromatic carbocycles. The fourth-order valence-corrected chi connectivity index (χ4v) is 2.65. The molecule has 2 unspecified atom stereocenters. The average molecular weight is 210 g/mol. The van der Waals surface area contributed by atoms with Crippen LogP contribution < -0.4 is 5.32 Å². The monoisotopic (exact) mass is 210 g/mol. The number of carbonyl (C=O) groups excluding carboxylic acids is 1. The Labute approximate surface area is 92.2 Å². The van der Waals surface area contributed by atoms with E-state index < -0.39 is 0 Å². The first-order chi connectivity index (χ1) is 7.15. The maximum absolute atomic E-state index is 11.9. The molecule has 3 heteroatoms. The van der Waals surface area contributed by atoms with Crippen molar-refractivity contribution in [3.8, 4) is 0 Å². The van der Waals surface area contributed by atoms with Gasteiger partial charge in [0, 0.05) is 31.6 Å². The standard InChI is InChI=1S/C12H22N2O/c1-9(2)7-12(15)14-6-5-10-3-4-11(8-14)13-10/h9-11,13H,3-8H2,1-2H3. The molecule has 2 saturated heterocycles. The minimum Gasteiger partial charge on any atom is -0.341 e. The first-order valence-electron chi connectivity index (χ1n) is 6.19. The number of nitrogens with zero attached hydrogens (tertiary/aromatic N) is 1. The van der Waals surface area contributed by atoms with Gasteiger partial charge in [-0.15, -0.1) is 0 Å². The van der Waals surface area contributed by atoms with Gasteiger partial charge in [-0.1, -0.05) is 13.8 Å². The smallest absolute Gasteiger partial charge is 0.222 e. The fraction of sp³-hybridized carbons (Fsp3) is 0.917. The van der Waals surface area contributed by atoms with Crippen molar-refractivity contribution in [2.75, 3.05) is 13.1 Å². The molecule has 2 aliphatic heterocycles. The van der Waals surface area contributed by atoms with Crippen molar-refractivity contribution in [1.29, 1.82) is 0 Å². The number of rotatable bonds is 2. The summed E-state index contributed by atoms with van der Waals surface area (Å²) in [4.78, 5) is 14.0. The first kappa shape index (κ1) is 10.9. The van der Waals surface area contributed by atoms with Crippen LogP contribution in [0.5, 0.6) is 0 Å². The molecule has 2 heterocycles. The molecule has 2 bridgehead atoms. The van der Waals surface area contributed by atoms with Crippen molar-refractivity contribution in [2.45, 2.75) is 51.6 Å². The lowest BCUT2D eigenvalue weighted by Gasteiger charge is -2.25. The maximum Gasteiger partial charge on any atom is 0.222 e. The third-order valence-electron chi connectivity index (χ3n) is 3.46. The minimum atomic E-state index is 0.347. The van der Waals surface area contributed by atoms with Crippen LogP contribution in [0.15, 0.2) is 0 Å². The molecule has 2 fully saturated rings. The van der Waals surface area contributed by atoms with E-state index in [1.165, 1.54) is 12.8 Å². The zero-order chi connectivity index (χ0) is 10.8. The van der Waals surface area contributed by atoms with Gasteiger partial charge >= 0.3 is 0 Å². The van der Waals surface area contributed by atoms with Crippen molar-refractivity contribution >= 4 is 5.91 Å². The highest BCUT2D eigenvalue weighted by atomic mass is 16.2. The second-order valence-electron chi connectivity index (χ2n) is 5.36. The van der Waals surface area contributed by atoms with Crippen LogP contribution in [0.1, 0.15) is 39.5 Å². The molecule has 0 aromatic rings. The van der Waals surface area contributed by atoms with E-state index in [0.29, 0.717) is 30.3 Å². The Morgan fingerprint density at radius 3 is 2.80 bits per heavy atom. The number of fused-ring (bicyclic) bond motifs is 2. The summed E-state index contributed by atoms with van der Waals surface area (Å²) in [5.41, 5.74) is 0. The minimum absolute atomic E-state index is 0.347. The topological polar surface area (TPSA) is 32.3 Å². The molecular formula is C12H22N2O. The summed E-state index contributed by atoms with van der Waals surface area (Å²) in [6.07, 6.45) is 4.39. The molecule has 1 N–H and O–H groups in total. The predicted molar refractivity (Wildman–Crippen MR) is 60.6 cm³/mol. The molecule has 2 rings (SSSR count). The van der Waals surface area contributed by atoms with E-state index in [4.69, 9.17) is 0 Å². The number of carbonyl (C=O) groups is 1. The average Bonchev–Trinajstić information content (AvgIpc) is 2.44. The van der Waals surface area contributed by atoms with Crippen LogP contribution in [0.2, 0.25) is 0 Å². The molecule has 0 radical (unpaired) electrons. The Morgan fingerprint density at radius 2 is 2.07 bits per heavy atom. The summed E-state index contributed by atoms with van der Waals surface area (Å²) in [7, 11) is 0.